The third kappa shape index (κ3) is 3.88. The summed E-state index contributed by atoms with van der Waals surface area (Å²) in [6.07, 6.45) is 6.34. The minimum Gasteiger partial charge on any atom is -0.478 e. The van der Waals surface area contributed by atoms with E-state index in [4.69, 9.17) is 10.1 Å². The van der Waals surface area contributed by atoms with Crippen molar-refractivity contribution in [2.24, 2.45) is 5.41 Å². The van der Waals surface area contributed by atoms with Crippen molar-refractivity contribution in [2.45, 2.75) is 55.6 Å². The number of anilines is 2. The molecule has 2 aliphatic rings. The molecule has 0 unspecified atom stereocenters. The number of carbonyl (C=O) groups excluding carboxylic acids is 1. The number of fused-ring (bicyclic) bond motifs is 1. The molecule has 1 saturated carbocycles. The van der Waals surface area contributed by atoms with Gasteiger partial charge in [-0.1, -0.05) is 12.8 Å². The Morgan fingerprint density at radius 2 is 1.87 bits per heavy atom. The van der Waals surface area contributed by atoms with E-state index in [1.807, 2.05) is 13.8 Å². The molecule has 1 fully saturated rings. The summed E-state index contributed by atoms with van der Waals surface area (Å²) < 4.78 is 0. The Hall–Kier alpha value is -2.61. The summed E-state index contributed by atoms with van der Waals surface area (Å²) in [6, 6.07) is 7.06. The highest BCUT2D eigenvalue weighted by atomic mass is 32.2. The van der Waals surface area contributed by atoms with E-state index in [2.05, 4.69) is 9.88 Å². The molecule has 0 atom stereocenters. The third-order valence-corrected chi connectivity index (χ3v) is 6.77. The highest BCUT2D eigenvalue weighted by molar-refractivity contribution is 7.99. The number of rotatable bonds is 4. The first-order valence-electron chi connectivity index (χ1n) is 10.2. The molecule has 8 heteroatoms. The molecule has 1 aliphatic heterocycles. The molecule has 1 aromatic carbocycles. The smallest absolute Gasteiger partial charge is 0.335 e. The van der Waals surface area contributed by atoms with Gasteiger partial charge in [0.2, 0.25) is 5.91 Å². The zero-order valence-electron chi connectivity index (χ0n) is 17.5. The van der Waals surface area contributed by atoms with Gasteiger partial charge in [-0.15, -0.1) is 0 Å². The standard InChI is InChI=1S/C22H26N4O3S/c1-22(2)13-26(15-6-4-5-7-15)18-17(25(3)20(22)29)12-23-21(24-18)30-16-10-8-14(9-11-16)19(27)28/h8-12,15H,4-7,13H2,1-3H3,(H,27,28). The van der Waals surface area contributed by atoms with Crippen LogP contribution in [0.15, 0.2) is 40.5 Å². The van der Waals surface area contributed by atoms with Crippen molar-refractivity contribution in [3.8, 4) is 0 Å². The maximum atomic E-state index is 13.0. The zero-order chi connectivity index (χ0) is 21.5. The van der Waals surface area contributed by atoms with Gasteiger partial charge in [-0.05, 0) is 62.7 Å². The summed E-state index contributed by atoms with van der Waals surface area (Å²) in [7, 11) is 1.79. The van der Waals surface area contributed by atoms with Gasteiger partial charge < -0.3 is 14.9 Å². The first kappa shape index (κ1) is 20.7. The van der Waals surface area contributed by atoms with Gasteiger partial charge in [0.1, 0.15) is 5.69 Å². The second-order valence-electron chi connectivity index (χ2n) is 8.61. The Labute approximate surface area is 180 Å². The van der Waals surface area contributed by atoms with E-state index in [-0.39, 0.29) is 11.5 Å². The highest BCUT2D eigenvalue weighted by Crippen LogP contribution is 2.41. The molecule has 2 aromatic rings. The molecule has 1 N–H and O–H groups in total. The van der Waals surface area contributed by atoms with Crippen LogP contribution in [0, 0.1) is 5.41 Å². The Bertz CT molecular complexity index is 971. The average molecular weight is 427 g/mol. The Morgan fingerprint density at radius 3 is 2.50 bits per heavy atom. The lowest BCUT2D eigenvalue weighted by Crippen LogP contribution is -2.45. The van der Waals surface area contributed by atoms with Crippen LogP contribution in [-0.2, 0) is 4.79 Å². The van der Waals surface area contributed by atoms with Gasteiger partial charge >= 0.3 is 5.97 Å². The van der Waals surface area contributed by atoms with Gasteiger partial charge in [0, 0.05) is 24.5 Å². The van der Waals surface area contributed by atoms with E-state index >= 15 is 0 Å². The lowest BCUT2D eigenvalue weighted by molar-refractivity contribution is -0.125. The number of amides is 1. The third-order valence-electron chi connectivity index (χ3n) is 5.89. The zero-order valence-corrected chi connectivity index (χ0v) is 18.3. The SMILES string of the molecule is CN1C(=O)C(C)(C)CN(C2CCCC2)c2nc(Sc3ccc(C(=O)O)cc3)ncc21. The summed E-state index contributed by atoms with van der Waals surface area (Å²) in [5.41, 5.74) is 0.470. The lowest BCUT2D eigenvalue weighted by Gasteiger charge is -2.34. The Kier molecular flexibility index (Phi) is 5.44. The van der Waals surface area contributed by atoms with Crippen LogP contribution in [0.4, 0.5) is 11.5 Å². The van der Waals surface area contributed by atoms with E-state index in [1.165, 1.54) is 24.6 Å². The quantitative estimate of drug-likeness (QED) is 0.737. The summed E-state index contributed by atoms with van der Waals surface area (Å²) in [6.45, 7) is 4.61. The molecule has 4 rings (SSSR count). The molecule has 0 radical (unpaired) electrons. The molecule has 7 nitrogen and oxygen atoms in total. The molecule has 1 aliphatic carbocycles. The molecular formula is C22H26N4O3S. The van der Waals surface area contributed by atoms with Gasteiger partial charge in [0.25, 0.3) is 0 Å². The number of carbonyl (C=O) groups is 2. The van der Waals surface area contributed by atoms with Gasteiger partial charge in [-0.3, -0.25) is 4.79 Å². The number of nitrogens with zero attached hydrogens (tertiary/aromatic N) is 4. The highest BCUT2D eigenvalue weighted by Gasteiger charge is 2.41. The number of carboxylic acids is 1. The molecule has 0 spiro atoms. The summed E-state index contributed by atoms with van der Waals surface area (Å²) in [5, 5.41) is 9.66. The monoisotopic (exact) mass is 426 g/mol. The molecule has 1 aromatic heterocycles. The predicted molar refractivity (Wildman–Crippen MR) is 116 cm³/mol. The molecule has 2 heterocycles. The van der Waals surface area contributed by atoms with Crippen LogP contribution in [0.1, 0.15) is 49.9 Å². The Morgan fingerprint density at radius 1 is 1.20 bits per heavy atom. The number of carboxylic acid groups (broad SMARTS) is 1. The van der Waals surface area contributed by atoms with E-state index < -0.39 is 11.4 Å². The van der Waals surface area contributed by atoms with Crippen molar-refractivity contribution < 1.29 is 14.7 Å². The number of hydrogen-bond donors (Lipinski definition) is 1. The molecule has 30 heavy (non-hydrogen) atoms. The minimum absolute atomic E-state index is 0.0671. The maximum absolute atomic E-state index is 13.0. The minimum atomic E-state index is -0.949. The van der Waals surface area contributed by atoms with E-state index in [9.17, 15) is 9.59 Å². The molecule has 1 amide bonds. The van der Waals surface area contributed by atoms with Crippen molar-refractivity contribution in [2.75, 3.05) is 23.4 Å². The van der Waals surface area contributed by atoms with Crippen LogP contribution in [0.3, 0.4) is 0 Å². The number of aromatic carboxylic acids is 1. The van der Waals surface area contributed by atoms with Crippen LogP contribution in [0.25, 0.3) is 0 Å². The second kappa shape index (κ2) is 7.91. The second-order valence-corrected chi connectivity index (χ2v) is 9.65. The fourth-order valence-corrected chi connectivity index (χ4v) is 4.99. The van der Waals surface area contributed by atoms with Crippen molar-refractivity contribution in [3.05, 3.63) is 36.0 Å². The first-order valence-corrected chi connectivity index (χ1v) is 11.0. The molecule has 0 saturated heterocycles. The van der Waals surface area contributed by atoms with Gasteiger partial charge in [0.15, 0.2) is 11.0 Å². The molecule has 158 valence electrons. The number of hydrogen-bond acceptors (Lipinski definition) is 6. The van der Waals surface area contributed by atoms with Crippen molar-refractivity contribution in [3.63, 3.8) is 0 Å². The van der Waals surface area contributed by atoms with Crippen molar-refractivity contribution in [1.82, 2.24) is 9.97 Å². The summed E-state index contributed by atoms with van der Waals surface area (Å²) in [4.78, 5) is 38.3. The normalized spacial score (nSPS) is 19.0. The van der Waals surface area contributed by atoms with E-state index in [1.54, 1.807) is 42.4 Å². The van der Waals surface area contributed by atoms with Crippen LogP contribution >= 0.6 is 11.8 Å². The summed E-state index contributed by atoms with van der Waals surface area (Å²) in [5.74, 6) is -0.0733. The van der Waals surface area contributed by atoms with Gasteiger partial charge in [-0.25, -0.2) is 14.8 Å². The number of benzene rings is 1. The van der Waals surface area contributed by atoms with Gasteiger partial charge in [-0.2, -0.15) is 0 Å². The van der Waals surface area contributed by atoms with Gasteiger partial charge in [0.05, 0.1) is 17.2 Å². The molecule has 0 bridgehead atoms. The van der Waals surface area contributed by atoms with Crippen LogP contribution < -0.4 is 9.80 Å². The fourth-order valence-electron chi connectivity index (χ4n) is 4.27. The van der Waals surface area contributed by atoms with E-state index in [0.717, 1.165) is 29.2 Å². The van der Waals surface area contributed by atoms with Crippen molar-refractivity contribution in [1.29, 1.82) is 0 Å². The predicted octanol–water partition coefficient (Wildman–Crippen LogP) is 4.08. The number of aromatic nitrogens is 2. The lowest BCUT2D eigenvalue weighted by atomic mass is 9.91. The average Bonchev–Trinajstić information content (AvgIpc) is 3.24. The summed E-state index contributed by atoms with van der Waals surface area (Å²) >= 11 is 1.39. The molecular weight excluding hydrogens is 400 g/mol. The largest absolute Gasteiger partial charge is 0.478 e. The first-order chi connectivity index (χ1) is 14.3. The van der Waals surface area contributed by atoms with E-state index in [0.29, 0.717) is 17.7 Å². The maximum Gasteiger partial charge on any atom is 0.335 e. The fraction of sp³-hybridized carbons (Fsp3) is 0.455. The topological polar surface area (TPSA) is 86.6 Å². The van der Waals surface area contributed by atoms with Crippen LogP contribution in [0.5, 0.6) is 0 Å². The van der Waals surface area contributed by atoms with Crippen LogP contribution in [0.2, 0.25) is 0 Å². The Balaban J connectivity index is 1.70. The van der Waals surface area contributed by atoms with Crippen molar-refractivity contribution >= 4 is 35.1 Å². The van der Waals surface area contributed by atoms with Crippen LogP contribution in [-0.4, -0.2) is 46.6 Å².